The molecule has 3 heterocycles. The Balaban J connectivity index is 1.67. The fourth-order valence-corrected chi connectivity index (χ4v) is 5.59. The Morgan fingerprint density at radius 2 is 1.63 bits per heavy atom. The van der Waals surface area contributed by atoms with E-state index in [0.29, 0.717) is 5.92 Å². The first-order chi connectivity index (χ1) is 16.9. The lowest BCUT2D eigenvalue weighted by Crippen LogP contribution is -2.29. The zero-order chi connectivity index (χ0) is 24.7. The number of nitrogens with zero attached hydrogens (tertiary/aromatic N) is 3. The number of nitrogens with one attached hydrogen (secondary N) is 1. The van der Waals surface area contributed by atoms with E-state index in [0.717, 1.165) is 16.5 Å². The van der Waals surface area contributed by atoms with E-state index in [1.54, 1.807) is 0 Å². The van der Waals surface area contributed by atoms with Gasteiger partial charge in [0.25, 0.3) is 0 Å². The lowest BCUT2D eigenvalue weighted by molar-refractivity contribution is 0.565. The average Bonchev–Trinajstić information content (AvgIpc) is 3.35. The summed E-state index contributed by atoms with van der Waals surface area (Å²) >= 11 is 5.94. The van der Waals surface area contributed by atoms with Gasteiger partial charge in [0, 0.05) is 29.0 Å². The first-order valence-corrected chi connectivity index (χ1v) is 12.6. The van der Waals surface area contributed by atoms with Gasteiger partial charge in [-0.05, 0) is 92.0 Å². The number of para-hydroxylation sites is 1. The third-order valence-corrected chi connectivity index (χ3v) is 7.40. The second-order valence-corrected chi connectivity index (χ2v) is 10.1. The lowest BCUT2D eigenvalue weighted by atomic mass is 9.96. The monoisotopic (exact) mass is 480 g/mol. The lowest BCUT2D eigenvalue weighted by Gasteiger charge is -2.28. The zero-order valence-electron chi connectivity index (χ0n) is 21.0. The van der Waals surface area contributed by atoms with Crippen LogP contribution in [0.3, 0.4) is 0 Å². The Labute approximate surface area is 213 Å². The largest absolute Gasteiger partial charge is 0.351 e. The maximum Gasteiger partial charge on any atom is 0.174 e. The van der Waals surface area contributed by atoms with Gasteiger partial charge in [0.15, 0.2) is 5.11 Å². The number of aryl methyl sites for hydroxylation is 2. The normalized spacial score (nSPS) is 17.8. The predicted octanol–water partition coefficient (Wildman–Crippen LogP) is 7.10. The molecule has 0 amide bonds. The third kappa shape index (κ3) is 4.14. The molecule has 178 valence electrons. The van der Waals surface area contributed by atoms with Crippen molar-refractivity contribution in [2.45, 2.75) is 52.6 Å². The topological polar surface area (TPSA) is 33.1 Å². The first-order valence-electron chi connectivity index (χ1n) is 12.2. The predicted molar refractivity (Wildman–Crippen MR) is 148 cm³/mol. The Bertz CT molecular complexity index is 1360. The number of thiocarbonyl (C=S) groups is 1. The fourth-order valence-electron chi connectivity index (χ4n) is 5.24. The summed E-state index contributed by atoms with van der Waals surface area (Å²) in [6, 6.07) is 25.7. The molecule has 1 N–H and O–H groups in total. The second kappa shape index (κ2) is 9.31. The van der Waals surface area contributed by atoms with E-state index in [4.69, 9.17) is 17.2 Å². The van der Waals surface area contributed by atoms with Crippen molar-refractivity contribution in [1.82, 2.24) is 14.9 Å². The van der Waals surface area contributed by atoms with E-state index < -0.39 is 0 Å². The molecule has 2 atom stereocenters. The molecule has 1 aliphatic heterocycles. The Morgan fingerprint density at radius 1 is 0.914 bits per heavy atom. The second-order valence-electron chi connectivity index (χ2n) is 9.69. The minimum absolute atomic E-state index is 0.0220. The van der Waals surface area contributed by atoms with Crippen LogP contribution >= 0.6 is 12.2 Å². The van der Waals surface area contributed by atoms with Gasteiger partial charge in [0.2, 0.25) is 0 Å². The van der Waals surface area contributed by atoms with Crippen molar-refractivity contribution >= 4 is 23.0 Å². The number of aromatic nitrogens is 2. The van der Waals surface area contributed by atoms with Gasteiger partial charge < -0.3 is 14.8 Å². The van der Waals surface area contributed by atoms with Crippen LogP contribution in [0.5, 0.6) is 0 Å². The molecular weight excluding hydrogens is 448 g/mol. The van der Waals surface area contributed by atoms with Crippen LogP contribution in [0.15, 0.2) is 79.0 Å². The molecule has 0 spiro atoms. The molecule has 0 aliphatic carbocycles. The molecule has 5 heteroatoms. The number of rotatable bonds is 5. The van der Waals surface area contributed by atoms with Gasteiger partial charge in [-0.1, -0.05) is 50.2 Å². The highest BCUT2D eigenvalue weighted by Gasteiger charge is 2.42. The quantitative estimate of drug-likeness (QED) is 0.309. The Morgan fingerprint density at radius 3 is 2.29 bits per heavy atom. The molecular formula is C30H32N4S. The standard InChI is InChI=1S/C30H32N4S/c1-19(2)23-13-15-24(16-14-23)34-29(28(32-30(34)35)26-11-8-9-17-31-26)25-18-21(4)33(22(25)5)27-12-7-6-10-20(27)3/h6-19,28-29H,1-5H3,(H,32,35)/t28-,29-/m0/s1. The van der Waals surface area contributed by atoms with Crippen molar-refractivity contribution < 1.29 is 0 Å². The molecule has 4 nitrogen and oxygen atoms in total. The number of benzene rings is 2. The van der Waals surface area contributed by atoms with Crippen LogP contribution in [0.2, 0.25) is 0 Å². The molecule has 0 radical (unpaired) electrons. The summed E-state index contributed by atoms with van der Waals surface area (Å²) in [6.07, 6.45) is 1.85. The van der Waals surface area contributed by atoms with Gasteiger partial charge in [-0.15, -0.1) is 0 Å². The highest BCUT2D eigenvalue weighted by Crippen LogP contribution is 2.44. The molecule has 0 bridgehead atoms. The summed E-state index contributed by atoms with van der Waals surface area (Å²) in [5, 5.41) is 4.32. The van der Waals surface area contributed by atoms with Crippen LogP contribution < -0.4 is 10.2 Å². The van der Waals surface area contributed by atoms with Crippen LogP contribution in [-0.4, -0.2) is 14.7 Å². The van der Waals surface area contributed by atoms with Crippen molar-refractivity contribution in [2.24, 2.45) is 0 Å². The smallest absolute Gasteiger partial charge is 0.174 e. The molecule has 1 aliphatic rings. The van der Waals surface area contributed by atoms with Gasteiger partial charge in [-0.2, -0.15) is 0 Å². The van der Waals surface area contributed by atoms with E-state index in [2.05, 4.69) is 110 Å². The van der Waals surface area contributed by atoms with Crippen molar-refractivity contribution in [3.05, 3.63) is 113 Å². The molecule has 2 aromatic heterocycles. The highest BCUT2D eigenvalue weighted by atomic mass is 32.1. The number of hydrogen-bond donors (Lipinski definition) is 1. The maximum absolute atomic E-state index is 5.94. The molecule has 0 saturated carbocycles. The molecule has 0 unspecified atom stereocenters. The minimum atomic E-state index is -0.0562. The van der Waals surface area contributed by atoms with E-state index in [-0.39, 0.29) is 12.1 Å². The minimum Gasteiger partial charge on any atom is -0.351 e. The number of hydrogen-bond acceptors (Lipinski definition) is 2. The molecule has 1 fully saturated rings. The molecule has 4 aromatic rings. The van der Waals surface area contributed by atoms with Crippen LogP contribution in [-0.2, 0) is 0 Å². The SMILES string of the molecule is Cc1ccccc1-n1c(C)cc([C@H]2[C@H](c3ccccn3)NC(=S)N2c2ccc(C(C)C)cc2)c1C. The van der Waals surface area contributed by atoms with Gasteiger partial charge in [-0.25, -0.2) is 0 Å². The van der Waals surface area contributed by atoms with E-state index >= 15 is 0 Å². The summed E-state index contributed by atoms with van der Waals surface area (Å²) in [5.74, 6) is 0.484. The van der Waals surface area contributed by atoms with Crippen LogP contribution in [0, 0.1) is 20.8 Å². The molecule has 35 heavy (non-hydrogen) atoms. The van der Waals surface area contributed by atoms with Crippen molar-refractivity contribution in [1.29, 1.82) is 0 Å². The molecule has 1 saturated heterocycles. The summed E-state index contributed by atoms with van der Waals surface area (Å²) in [6.45, 7) is 11.0. The summed E-state index contributed by atoms with van der Waals surface area (Å²) in [7, 11) is 0. The molecule has 2 aromatic carbocycles. The summed E-state index contributed by atoms with van der Waals surface area (Å²) in [4.78, 5) is 6.98. The van der Waals surface area contributed by atoms with Gasteiger partial charge in [0.1, 0.15) is 0 Å². The molecule has 5 rings (SSSR count). The average molecular weight is 481 g/mol. The van der Waals surface area contributed by atoms with Crippen LogP contribution in [0.1, 0.15) is 65.6 Å². The van der Waals surface area contributed by atoms with E-state index in [1.807, 2.05) is 18.3 Å². The zero-order valence-corrected chi connectivity index (χ0v) is 21.8. The van der Waals surface area contributed by atoms with Gasteiger partial charge in [-0.3, -0.25) is 4.98 Å². The number of pyridine rings is 1. The van der Waals surface area contributed by atoms with Crippen LogP contribution in [0.4, 0.5) is 5.69 Å². The van der Waals surface area contributed by atoms with Crippen molar-refractivity contribution in [3.8, 4) is 5.69 Å². The Hall–Kier alpha value is -3.44. The van der Waals surface area contributed by atoms with Crippen molar-refractivity contribution in [2.75, 3.05) is 4.90 Å². The van der Waals surface area contributed by atoms with E-state index in [9.17, 15) is 0 Å². The Kier molecular flexibility index (Phi) is 6.20. The van der Waals surface area contributed by atoms with Gasteiger partial charge >= 0.3 is 0 Å². The highest BCUT2D eigenvalue weighted by molar-refractivity contribution is 7.80. The number of anilines is 1. The maximum atomic E-state index is 5.94. The van der Waals surface area contributed by atoms with Crippen LogP contribution in [0.25, 0.3) is 5.69 Å². The summed E-state index contributed by atoms with van der Waals surface area (Å²) in [5.41, 5.74) is 9.55. The summed E-state index contributed by atoms with van der Waals surface area (Å²) < 4.78 is 2.36. The van der Waals surface area contributed by atoms with Gasteiger partial charge in [0.05, 0.1) is 17.8 Å². The van der Waals surface area contributed by atoms with Crippen molar-refractivity contribution in [3.63, 3.8) is 0 Å². The van der Waals surface area contributed by atoms with E-state index in [1.165, 1.54) is 33.8 Å². The first kappa shape index (κ1) is 23.3. The fraction of sp³-hybridized carbons (Fsp3) is 0.267. The third-order valence-electron chi connectivity index (χ3n) is 7.08.